The number of aliphatic hydroxyl groups is 1. The van der Waals surface area contributed by atoms with Crippen LogP contribution in [0.5, 0.6) is 0 Å². The Hall–Kier alpha value is -6.09. The summed E-state index contributed by atoms with van der Waals surface area (Å²) in [5.41, 5.74) is 11.9. The zero-order valence-corrected chi connectivity index (χ0v) is 31.7. The largest absolute Gasteiger partial charge is 0.490 e. The molecule has 5 amide bonds. The Morgan fingerprint density at radius 1 is 0.897 bits per heavy atom. The summed E-state index contributed by atoms with van der Waals surface area (Å²) in [5.74, 6) is -7.23. The van der Waals surface area contributed by atoms with Crippen LogP contribution in [0.25, 0.3) is 11.1 Å². The molecule has 3 rings (SSSR count). The van der Waals surface area contributed by atoms with Crippen molar-refractivity contribution in [1.29, 1.82) is 0 Å². The summed E-state index contributed by atoms with van der Waals surface area (Å²) in [5, 5.41) is 33.2. The first-order valence-electron chi connectivity index (χ1n) is 17.4. The van der Waals surface area contributed by atoms with E-state index in [1.54, 1.807) is 12.3 Å². The lowest BCUT2D eigenvalue weighted by Gasteiger charge is -2.41. The topological polar surface area (TPSA) is 259 Å². The summed E-state index contributed by atoms with van der Waals surface area (Å²) in [7, 11) is 0. The number of halogens is 5. The SMILES string of the molecule is CC(C)(C)C(c1cc(-c2cc(F)ccc2F)cn1Cc1ccccc1)N(CCC(NC(=O)C(N)CC(N)=O)C(=O)NCCNC(=O)O)C(=O)CO.O=C(O)C(F)(F)F. The van der Waals surface area contributed by atoms with Gasteiger partial charge in [-0.25, -0.2) is 18.4 Å². The zero-order chi connectivity index (χ0) is 44.0. The molecule has 0 bridgehead atoms. The summed E-state index contributed by atoms with van der Waals surface area (Å²) >= 11 is 0. The maximum absolute atomic E-state index is 15.1. The molecule has 0 aliphatic heterocycles. The van der Waals surface area contributed by atoms with E-state index in [-0.39, 0.29) is 38.2 Å². The molecule has 1 aromatic heterocycles. The van der Waals surface area contributed by atoms with Gasteiger partial charge in [0.2, 0.25) is 23.6 Å². The number of benzene rings is 2. The number of aromatic nitrogens is 1. The maximum atomic E-state index is 15.1. The molecule has 0 aliphatic rings. The molecule has 0 spiro atoms. The van der Waals surface area contributed by atoms with E-state index in [0.29, 0.717) is 11.3 Å². The quantitative estimate of drug-likeness (QED) is 0.0729. The summed E-state index contributed by atoms with van der Waals surface area (Å²) in [6.45, 7) is 4.43. The second-order valence-corrected chi connectivity index (χ2v) is 13.9. The molecule has 2 aromatic carbocycles. The number of carbonyl (C=O) groups excluding carboxylic acids is 4. The zero-order valence-electron chi connectivity index (χ0n) is 31.7. The second kappa shape index (κ2) is 21.4. The molecular formula is C37H46F5N7O9. The first kappa shape index (κ1) is 48.1. The first-order chi connectivity index (χ1) is 27.0. The van der Waals surface area contributed by atoms with Crippen LogP contribution in [0.4, 0.5) is 26.7 Å². The predicted molar refractivity (Wildman–Crippen MR) is 197 cm³/mol. The lowest BCUT2D eigenvalue weighted by molar-refractivity contribution is -0.192. The number of amides is 5. The number of carboxylic acid groups (broad SMARTS) is 2. The number of aliphatic hydroxyl groups excluding tert-OH is 1. The highest BCUT2D eigenvalue weighted by molar-refractivity contribution is 5.92. The molecule has 318 valence electrons. The Bertz CT molecular complexity index is 1900. The average molecular weight is 828 g/mol. The van der Waals surface area contributed by atoms with Crippen LogP contribution in [0.15, 0.2) is 60.8 Å². The van der Waals surface area contributed by atoms with Crippen molar-refractivity contribution in [1.82, 2.24) is 25.4 Å². The van der Waals surface area contributed by atoms with Gasteiger partial charge in [0.05, 0.1) is 18.5 Å². The molecule has 58 heavy (non-hydrogen) atoms. The number of nitrogens with one attached hydrogen (secondary N) is 3. The van der Waals surface area contributed by atoms with E-state index in [2.05, 4.69) is 16.0 Å². The van der Waals surface area contributed by atoms with Gasteiger partial charge in [0.1, 0.15) is 24.3 Å². The molecular weight excluding hydrogens is 781 g/mol. The minimum atomic E-state index is -5.08. The third-order valence-electron chi connectivity index (χ3n) is 8.23. The highest BCUT2D eigenvalue weighted by Crippen LogP contribution is 2.41. The van der Waals surface area contributed by atoms with Crippen molar-refractivity contribution >= 4 is 35.7 Å². The fraction of sp³-hybridized carbons (Fsp3) is 0.405. The van der Waals surface area contributed by atoms with Gasteiger partial charge in [-0.1, -0.05) is 51.1 Å². The Labute approximate surface area is 329 Å². The fourth-order valence-corrected chi connectivity index (χ4v) is 5.70. The van der Waals surface area contributed by atoms with Crippen LogP contribution in [0.1, 0.15) is 50.9 Å². The molecule has 16 nitrogen and oxygen atoms in total. The molecule has 3 unspecified atom stereocenters. The molecule has 1 heterocycles. The van der Waals surface area contributed by atoms with Crippen LogP contribution in [0.3, 0.4) is 0 Å². The molecule has 21 heteroatoms. The number of carbonyl (C=O) groups is 6. The monoisotopic (exact) mass is 827 g/mol. The lowest BCUT2D eigenvalue weighted by Crippen LogP contribution is -2.54. The van der Waals surface area contributed by atoms with E-state index in [1.807, 2.05) is 55.7 Å². The third-order valence-corrected chi connectivity index (χ3v) is 8.23. The van der Waals surface area contributed by atoms with Crippen molar-refractivity contribution in [3.8, 4) is 11.1 Å². The van der Waals surface area contributed by atoms with Crippen LogP contribution < -0.4 is 27.4 Å². The number of hydrogen-bond donors (Lipinski definition) is 8. The van der Waals surface area contributed by atoms with E-state index >= 15 is 4.39 Å². The number of nitrogens with two attached hydrogens (primary N) is 2. The number of primary amides is 1. The van der Waals surface area contributed by atoms with Crippen molar-refractivity contribution in [2.45, 2.75) is 64.5 Å². The van der Waals surface area contributed by atoms with Crippen molar-refractivity contribution in [2.24, 2.45) is 16.9 Å². The van der Waals surface area contributed by atoms with Gasteiger partial charge in [-0.05, 0) is 41.7 Å². The number of aliphatic carboxylic acids is 1. The first-order valence-corrected chi connectivity index (χ1v) is 17.4. The molecule has 10 N–H and O–H groups in total. The van der Waals surface area contributed by atoms with Gasteiger partial charge in [-0.3, -0.25) is 19.2 Å². The summed E-state index contributed by atoms with van der Waals surface area (Å²) in [6.07, 6.45) is -5.45. The normalized spacial score (nSPS) is 12.9. The molecule has 3 atom stereocenters. The van der Waals surface area contributed by atoms with Crippen LogP contribution in [-0.4, -0.2) is 105 Å². The van der Waals surface area contributed by atoms with Crippen LogP contribution in [-0.2, 0) is 30.5 Å². The highest BCUT2D eigenvalue weighted by atomic mass is 19.4. The predicted octanol–water partition coefficient (Wildman–Crippen LogP) is 2.48. The van der Waals surface area contributed by atoms with Crippen LogP contribution >= 0.6 is 0 Å². The summed E-state index contributed by atoms with van der Waals surface area (Å²) in [4.78, 5) is 72.2. The van der Waals surface area contributed by atoms with Gasteiger partial charge in [0.25, 0.3) is 0 Å². The van der Waals surface area contributed by atoms with E-state index in [0.717, 1.165) is 23.8 Å². The maximum Gasteiger partial charge on any atom is 0.490 e. The van der Waals surface area contributed by atoms with E-state index < -0.39 is 90.1 Å². The second-order valence-electron chi connectivity index (χ2n) is 13.9. The minimum Gasteiger partial charge on any atom is -0.475 e. The average Bonchev–Trinajstić information content (AvgIpc) is 3.53. The van der Waals surface area contributed by atoms with Gasteiger partial charge in [0.15, 0.2) is 0 Å². The Morgan fingerprint density at radius 3 is 2.03 bits per heavy atom. The van der Waals surface area contributed by atoms with Crippen molar-refractivity contribution in [3.05, 3.63) is 83.7 Å². The van der Waals surface area contributed by atoms with Crippen molar-refractivity contribution < 1.29 is 66.0 Å². The van der Waals surface area contributed by atoms with E-state index in [1.165, 1.54) is 4.90 Å². The number of hydrogen-bond acceptors (Lipinski definition) is 8. The smallest absolute Gasteiger partial charge is 0.475 e. The fourth-order valence-electron chi connectivity index (χ4n) is 5.70. The van der Waals surface area contributed by atoms with Crippen LogP contribution in [0.2, 0.25) is 0 Å². The molecule has 0 fully saturated rings. The van der Waals surface area contributed by atoms with Gasteiger partial charge in [-0.2, -0.15) is 13.2 Å². The third kappa shape index (κ3) is 15.1. The molecule has 3 aromatic rings. The minimum absolute atomic E-state index is 0.000101. The van der Waals surface area contributed by atoms with Gasteiger partial charge < -0.3 is 52.2 Å². The van der Waals surface area contributed by atoms with Gasteiger partial charge in [0, 0.05) is 49.2 Å². The van der Waals surface area contributed by atoms with Crippen molar-refractivity contribution in [2.75, 3.05) is 26.2 Å². The number of alkyl halides is 3. The number of nitrogens with zero attached hydrogens (tertiary/aromatic N) is 2. The van der Waals surface area contributed by atoms with E-state index in [4.69, 9.17) is 26.5 Å². The van der Waals surface area contributed by atoms with Gasteiger partial charge in [-0.15, -0.1) is 0 Å². The Morgan fingerprint density at radius 2 is 1.50 bits per heavy atom. The highest BCUT2D eigenvalue weighted by Gasteiger charge is 2.39. The summed E-state index contributed by atoms with van der Waals surface area (Å²) < 4.78 is 62.9. The summed E-state index contributed by atoms with van der Waals surface area (Å²) in [6, 6.07) is 10.5. The van der Waals surface area contributed by atoms with Crippen LogP contribution in [0, 0.1) is 17.0 Å². The molecule has 0 saturated carbocycles. The number of rotatable bonds is 17. The van der Waals surface area contributed by atoms with Gasteiger partial charge >= 0.3 is 18.2 Å². The Balaban J connectivity index is 0.00000151. The molecule has 0 radical (unpaired) electrons. The standard InChI is InChI=1S/C35H45F2N7O7.C2HF3O2/c1-35(2,3)31(28-15-22(24-16-23(36)9-10-25(24)37)19-43(28)18-21-7-5-4-6-8-21)44(30(47)20-45)14-11-27(33(49)40-12-13-41-34(50)51)42-32(48)26(38)17-29(39)46;3-2(4,5)1(6)7/h4-10,15-16,19,26-27,31,41,45H,11-14,17-18,20,38H2,1-3H3,(H2,39,46)(H,40,49)(H,42,48)(H,50,51);(H,6,7). The lowest BCUT2D eigenvalue weighted by atomic mass is 9.82. The number of carboxylic acids is 1. The molecule has 0 saturated heterocycles. The van der Waals surface area contributed by atoms with E-state index in [9.17, 15) is 46.6 Å². The Kier molecular flexibility index (Phi) is 17.8. The molecule has 0 aliphatic carbocycles. The van der Waals surface area contributed by atoms with Crippen molar-refractivity contribution in [3.63, 3.8) is 0 Å².